The van der Waals surface area contributed by atoms with Gasteiger partial charge in [0, 0.05) is 19.8 Å². The van der Waals surface area contributed by atoms with E-state index in [1.54, 1.807) is 0 Å². The van der Waals surface area contributed by atoms with Crippen LogP contribution in [-0.2, 0) is 4.74 Å². The average Bonchev–Trinajstić information content (AvgIpc) is 2.43. The topological polar surface area (TPSA) is 50.4 Å². The molecule has 0 aliphatic heterocycles. The molecule has 0 saturated heterocycles. The average molecular weight is 278 g/mol. The van der Waals surface area contributed by atoms with Gasteiger partial charge in [-0.15, -0.1) is 0 Å². The van der Waals surface area contributed by atoms with Crippen LogP contribution in [0.4, 0.5) is 4.79 Å². The standard InChI is InChI=1S/C16H26N2O2/c1-13(2)12-20-11-7-10-17-16(19)18-14(3)15-8-5-4-6-9-15/h4-6,8-9,13-14H,7,10-12H2,1-3H3,(H2,17,18,19). The lowest BCUT2D eigenvalue weighted by atomic mass is 10.1. The lowest BCUT2D eigenvalue weighted by Gasteiger charge is -2.15. The van der Waals surface area contributed by atoms with Crippen molar-refractivity contribution in [3.8, 4) is 0 Å². The van der Waals surface area contributed by atoms with Crippen molar-refractivity contribution >= 4 is 6.03 Å². The summed E-state index contributed by atoms with van der Waals surface area (Å²) in [6, 6.07) is 9.79. The van der Waals surface area contributed by atoms with Crippen molar-refractivity contribution in [2.24, 2.45) is 5.92 Å². The molecule has 4 heteroatoms. The summed E-state index contributed by atoms with van der Waals surface area (Å²) in [4.78, 5) is 11.7. The first-order valence-corrected chi connectivity index (χ1v) is 7.26. The Kier molecular flexibility index (Phi) is 7.73. The van der Waals surface area contributed by atoms with Crippen LogP contribution in [-0.4, -0.2) is 25.8 Å². The van der Waals surface area contributed by atoms with Gasteiger partial charge in [0.15, 0.2) is 0 Å². The van der Waals surface area contributed by atoms with E-state index in [1.807, 2.05) is 37.3 Å². The van der Waals surface area contributed by atoms with Gasteiger partial charge in [-0.05, 0) is 24.8 Å². The van der Waals surface area contributed by atoms with Gasteiger partial charge in [0.1, 0.15) is 0 Å². The fourth-order valence-corrected chi connectivity index (χ4v) is 1.77. The summed E-state index contributed by atoms with van der Waals surface area (Å²) in [5.74, 6) is 0.554. The minimum absolute atomic E-state index is 0.00777. The van der Waals surface area contributed by atoms with Gasteiger partial charge in [-0.1, -0.05) is 44.2 Å². The fourth-order valence-electron chi connectivity index (χ4n) is 1.77. The van der Waals surface area contributed by atoms with Crippen LogP contribution in [0.3, 0.4) is 0 Å². The van der Waals surface area contributed by atoms with Crippen LogP contribution in [0.5, 0.6) is 0 Å². The molecule has 1 unspecified atom stereocenters. The molecular weight excluding hydrogens is 252 g/mol. The number of hydrogen-bond acceptors (Lipinski definition) is 2. The van der Waals surface area contributed by atoms with E-state index in [1.165, 1.54) is 0 Å². The van der Waals surface area contributed by atoms with Crippen LogP contribution in [0, 0.1) is 5.92 Å². The van der Waals surface area contributed by atoms with Gasteiger partial charge < -0.3 is 15.4 Å². The minimum Gasteiger partial charge on any atom is -0.381 e. The molecule has 0 aromatic heterocycles. The second-order valence-electron chi connectivity index (χ2n) is 5.35. The zero-order chi connectivity index (χ0) is 14.8. The zero-order valence-corrected chi connectivity index (χ0v) is 12.7. The van der Waals surface area contributed by atoms with Gasteiger partial charge in [0.2, 0.25) is 0 Å². The molecule has 1 aromatic carbocycles. The first-order valence-electron chi connectivity index (χ1n) is 7.26. The van der Waals surface area contributed by atoms with Gasteiger partial charge in [0.25, 0.3) is 0 Å². The minimum atomic E-state index is -0.134. The molecule has 4 nitrogen and oxygen atoms in total. The second-order valence-corrected chi connectivity index (χ2v) is 5.35. The van der Waals surface area contributed by atoms with Crippen molar-refractivity contribution < 1.29 is 9.53 Å². The second kappa shape index (κ2) is 9.37. The molecule has 0 aliphatic carbocycles. The molecule has 2 N–H and O–H groups in total. The highest BCUT2D eigenvalue weighted by Gasteiger charge is 2.07. The molecule has 1 atom stereocenters. The van der Waals surface area contributed by atoms with E-state index >= 15 is 0 Å². The van der Waals surface area contributed by atoms with Crippen molar-refractivity contribution in [3.63, 3.8) is 0 Å². The number of urea groups is 1. The molecule has 0 saturated carbocycles. The summed E-state index contributed by atoms with van der Waals surface area (Å²) in [5, 5.41) is 5.76. The molecule has 0 aliphatic rings. The van der Waals surface area contributed by atoms with E-state index in [-0.39, 0.29) is 12.1 Å². The van der Waals surface area contributed by atoms with Gasteiger partial charge in [-0.3, -0.25) is 0 Å². The molecule has 0 radical (unpaired) electrons. The van der Waals surface area contributed by atoms with Crippen LogP contribution >= 0.6 is 0 Å². The maximum atomic E-state index is 11.7. The van der Waals surface area contributed by atoms with Gasteiger partial charge in [-0.25, -0.2) is 4.79 Å². The van der Waals surface area contributed by atoms with E-state index < -0.39 is 0 Å². The maximum absolute atomic E-state index is 11.7. The third-order valence-corrected chi connectivity index (χ3v) is 2.85. The summed E-state index contributed by atoms with van der Waals surface area (Å²) in [5.41, 5.74) is 1.10. The number of benzene rings is 1. The Morgan fingerprint density at radius 1 is 1.20 bits per heavy atom. The van der Waals surface area contributed by atoms with Crippen molar-refractivity contribution in [3.05, 3.63) is 35.9 Å². The molecule has 2 amide bonds. The number of ether oxygens (including phenoxy) is 1. The van der Waals surface area contributed by atoms with Gasteiger partial charge in [-0.2, -0.15) is 0 Å². The van der Waals surface area contributed by atoms with Crippen molar-refractivity contribution in [2.75, 3.05) is 19.8 Å². The Morgan fingerprint density at radius 2 is 1.90 bits per heavy atom. The highest BCUT2D eigenvalue weighted by molar-refractivity contribution is 5.74. The molecule has 0 bridgehead atoms. The van der Waals surface area contributed by atoms with Crippen LogP contribution in [0.2, 0.25) is 0 Å². The summed E-state index contributed by atoms with van der Waals surface area (Å²) >= 11 is 0. The Balaban J connectivity index is 2.11. The summed E-state index contributed by atoms with van der Waals surface area (Å²) in [6.07, 6.45) is 0.833. The van der Waals surface area contributed by atoms with Gasteiger partial charge in [0.05, 0.1) is 6.04 Å². The number of amides is 2. The molecule has 0 spiro atoms. The predicted molar refractivity (Wildman–Crippen MR) is 81.7 cm³/mol. The highest BCUT2D eigenvalue weighted by Crippen LogP contribution is 2.10. The third-order valence-electron chi connectivity index (χ3n) is 2.85. The molecule has 0 fully saturated rings. The number of carbonyl (C=O) groups is 1. The number of carbonyl (C=O) groups excluding carboxylic acids is 1. The van der Waals surface area contributed by atoms with E-state index in [0.717, 1.165) is 18.6 Å². The van der Waals surface area contributed by atoms with Crippen molar-refractivity contribution in [1.29, 1.82) is 0 Å². The Bertz CT molecular complexity index is 379. The Labute approximate surface area is 121 Å². The van der Waals surface area contributed by atoms with Crippen molar-refractivity contribution in [1.82, 2.24) is 10.6 Å². The van der Waals surface area contributed by atoms with E-state index in [0.29, 0.717) is 19.1 Å². The molecule has 1 rings (SSSR count). The predicted octanol–water partition coefficient (Wildman–Crippen LogP) is 3.11. The first kappa shape index (κ1) is 16.5. The number of nitrogens with one attached hydrogen (secondary N) is 2. The van der Waals surface area contributed by atoms with E-state index in [4.69, 9.17) is 4.74 Å². The van der Waals surface area contributed by atoms with Crippen molar-refractivity contribution in [2.45, 2.75) is 33.2 Å². The zero-order valence-electron chi connectivity index (χ0n) is 12.7. The quantitative estimate of drug-likeness (QED) is 0.718. The Hall–Kier alpha value is -1.55. The summed E-state index contributed by atoms with van der Waals surface area (Å²) in [7, 11) is 0. The lowest BCUT2D eigenvalue weighted by molar-refractivity contribution is 0.108. The monoisotopic (exact) mass is 278 g/mol. The smallest absolute Gasteiger partial charge is 0.315 e. The fraction of sp³-hybridized carbons (Fsp3) is 0.562. The third kappa shape index (κ3) is 7.14. The van der Waals surface area contributed by atoms with Crippen LogP contribution < -0.4 is 10.6 Å². The summed E-state index contributed by atoms with van der Waals surface area (Å²) < 4.78 is 5.46. The number of hydrogen-bond donors (Lipinski definition) is 2. The first-order chi connectivity index (χ1) is 9.59. The maximum Gasteiger partial charge on any atom is 0.315 e. The van der Waals surface area contributed by atoms with Gasteiger partial charge >= 0.3 is 6.03 Å². The number of rotatable bonds is 8. The SMILES string of the molecule is CC(C)COCCCNC(=O)NC(C)c1ccccc1. The molecule has 20 heavy (non-hydrogen) atoms. The van der Waals surface area contributed by atoms with Crippen LogP contribution in [0.15, 0.2) is 30.3 Å². The van der Waals surface area contributed by atoms with E-state index in [2.05, 4.69) is 24.5 Å². The lowest BCUT2D eigenvalue weighted by Crippen LogP contribution is -2.37. The Morgan fingerprint density at radius 3 is 2.55 bits per heavy atom. The molecule has 1 aromatic rings. The highest BCUT2D eigenvalue weighted by atomic mass is 16.5. The van der Waals surface area contributed by atoms with E-state index in [9.17, 15) is 4.79 Å². The summed E-state index contributed by atoms with van der Waals surface area (Å²) in [6.45, 7) is 8.31. The van der Waals surface area contributed by atoms with Crippen LogP contribution in [0.25, 0.3) is 0 Å². The molecular formula is C16H26N2O2. The molecule has 112 valence electrons. The van der Waals surface area contributed by atoms with Crippen LogP contribution in [0.1, 0.15) is 38.8 Å². The largest absolute Gasteiger partial charge is 0.381 e. The normalized spacial score (nSPS) is 12.2. The molecule has 0 heterocycles.